The molecule has 0 spiro atoms. The zero-order valence-corrected chi connectivity index (χ0v) is 11.4. The van der Waals surface area contributed by atoms with Gasteiger partial charge in [0.05, 0.1) is 5.69 Å². The van der Waals surface area contributed by atoms with E-state index in [2.05, 4.69) is 30.1 Å². The van der Waals surface area contributed by atoms with E-state index >= 15 is 0 Å². The molecular weight excluding hydrogens is 224 g/mol. The molecule has 0 amide bonds. The maximum Gasteiger partial charge on any atom is 0.138 e. The minimum Gasteiger partial charge on any atom is -0.506 e. The monoisotopic (exact) mass is 248 g/mol. The van der Waals surface area contributed by atoms with Gasteiger partial charge in [-0.2, -0.15) is 0 Å². The number of para-hydroxylation sites is 1. The lowest BCUT2D eigenvalue weighted by molar-refractivity contribution is 0.200. The van der Waals surface area contributed by atoms with Crippen LogP contribution < -0.4 is 5.32 Å². The number of nitrogens with one attached hydrogen (secondary N) is 1. The molecule has 2 rings (SSSR count). The number of benzene rings is 1. The van der Waals surface area contributed by atoms with E-state index in [9.17, 15) is 5.11 Å². The fourth-order valence-electron chi connectivity index (χ4n) is 2.82. The molecule has 0 saturated carbocycles. The van der Waals surface area contributed by atoms with Crippen molar-refractivity contribution in [2.75, 3.05) is 25.0 Å². The maximum atomic E-state index is 9.81. The lowest BCUT2D eigenvalue weighted by atomic mass is 9.97. The van der Waals surface area contributed by atoms with Crippen molar-refractivity contribution in [3.63, 3.8) is 0 Å². The predicted octanol–water partition coefficient (Wildman–Crippen LogP) is 2.85. The SMILES string of the molecule is CCCN(CCC)[C@@H]1CNc2c(O)cccc2C1. The number of nitrogens with zero attached hydrogens (tertiary/aromatic N) is 1. The first-order chi connectivity index (χ1) is 8.76. The highest BCUT2D eigenvalue weighted by molar-refractivity contribution is 5.63. The third-order valence-corrected chi connectivity index (χ3v) is 3.64. The molecule has 18 heavy (non-hydrogen) atoms. The molecule has 1 aromatic rings. The van der Waals surface area contributed by atoms with E-state index < -0.39 is 0 Å². The largest absolute Gasteiger partial charge is 0.506 e. The lowest BCUT2D eigenvalue weighted by Crippen LogP contribution is -2.44. The van der Waals surface area contributed by atoms with Crippen LogP contribution in [-0.2, 0) is 6.42 Å². The minimum absolute atomic E-state index is 0.378. The van der Waals surface area contributed by atoms with Crippen molar-refractivity contribution >= 4 is 5.69 Å². The number of rotatable bonds is 5. The molecule has 0 fully saturated rings. The molecule has 3 heteroatoms. The highest BCUT2D eigenvalue weighted by Crippen LogP contribution is 2.32. The molecule has 0 bridgehead atoms. The van der Waals surface area contributed by atoms with Gasteiger partial charge in [-0.25, -0.2) is 0 Å². The van der Waals surface area contributed by atoms with E-state index in [1.807, 2.05) is 6.07 Å². The first kappa shape index (κ1) is 13.2. The molecule has 2 N–H and O–H groups in total. The summed E-state index contributed by atoms with van der Waals surface area (Å²) in [5.41, 5.74) is 2.17. The van der Waals surface area contributed by atoms with Crippen molar-refractivity contribution in [1.29, 1.82) is 0 Å². The van der Waals surface area contributed by atoms with Gasteiger partial charge >= 0.3 is 0 Å². The standard InChI is InChI=1S/C15H24N2O/c1-3-8-17(9-4-2)13-10-12-6-5-7-14(18)15(12)16-11-13/h5-7,13,16,18H,3-4,8-11H2,1-2H3/t13-/m0/s1. The third kappa shape index (κ3) is 2.78. The normalized spacial score (nSPS) is 18.5. The first-order valence-corrected chi connectivity index (χ1v) is 7.05. The third-order valence-electron chi connectivity index (χ3n) is 3.64. The van der Waals surface area contributed by atoms with Crippen molar-refractivity contribution in [3.8, 4) is 5.75 Å². The summed E-state index contributed by atoms with van der Waals surface area (Å²) in [5, 5.41) is 13.2. The number of hydrogen-bond donors (Lipinski definition) is 2. The van der Waals surface area contributed by atoms with Gasteiger partial charge in [-0.05, 0) is 44.0 Å². The topological polar surface area (TPSA) is 35.5 Å². The van der Waals surface area contributed by atoms with Crippen LogP contribution in [-0.4, -0.2) is 35.7 Å². The summed E-state index contributed by atoms with van der Waals surface area (Å²) in [4.78, 5) is 2.57. The van der Waals surface area contributed by atoms with Crippen LogP contribution in [0.25, 0.3) is 0 Å². The quantitative estimate of drug-likeness (QED) is 0.787. The Morgan fingerprint density at radius 2 is 2.00 bits per heavy atom. The highest BCUT2D eigenvalue weighted by Gasteiger charge is 2.24. The Morgan fingerprint density at radius 3 is 2.67 bits per heavy atom. The molecule has 0 radical (unpaired) electrons. The summed E-state index contributed by atoms with van der Waals surface area (Å²) >= 11 is 0. The van der Waals surface area contributed by atoms with Crippen molar-refractivity contribution in [3.05, 3.63) is 23.8 Å². The number of aromatic hydroxyl groups is 1. The molecule has 1 aromatic carbocycles. The molecule has 100 valence electrons. The van der Waals surface area contributed by atoms with E-state index in [0.29, 0.717) is 11.8 Å². The van der Waals surface area contributed by atoms with Crippen LogP contribution in [0.4, 0.5) is 5.69 Å². The number of hydrogen-bond acceptors (Lipinski definition) is 3. The van der Waals surface area contributed by atoms with Gasteiger partial charge in [0.15, 0.2) is 0 Å². The van der Waals surface area contributed by atoms with Crippen molar-refractivity contribution in [2.24, 2.45) is 0 Å². The van der Waals surface area contributed by atoms with E-state index in [-0.39, 0.29) is 0 Å². The maximum absolute atomic E-state index is 9.81. The van der Waals surface area contributed by atoms with Gasteiger partial charge in [-0.3, -0.25) is 4.90 Å². The van der Waals surface area contributed by atoms with Crippen LogP contribution in [0.5, 0.6) is 5.75 Å². The van der Waals surface area contributed by atoms with E-state index in [0.717, 1.165) is 31.7 Å². The first-order valence-electron chi connectivity index (χ1n) is 7.05. The summed E-state index contributed by atoms with van der Waals surface area (Å²) < 4.78 is 0. The van der Waals surface area contributed by atoms with Gasteiger partial charge in [-0.1, -0.05) is 26.0 Å². The fraction of sp³-hybridized carbons (Fsp3) is 0.600. The van der Waals surface area contributed by atoms with Gasteiger partial charge in [0.2, 0.25) is 0 Å². The molecule has 1 heterocycles. The van der Waals surface area contributed by atoms with Crippen LogP contribution in [0.1, 0.15) is 32.3 Å². The molecule has 1 aliphatic rings. The number of phenolic OH excluding ortho intramolecular Hbond substituents is 1. The molecular formula is C15H24N2O. The van der Waals surface area contributed by atoms with Gasteiger partial charge in [-0.15, -0.1) is 0 Å². The Bertz CT molecular complexity index is 386. The number of anilines is 1. The average Bonchev–Trinajstić information content (AvgIpc) is 2.38. The smallest absolute Gasteiger partial charge is 0.138 e. The van der Waals surface area contributed by atoms with Crippen LogP contribution in [0.3, 0.4) is 0 Å². The second kappa shape index (κ2) is 6.10. The summed E-state index contributed by atoms with van der Waals surface area (Å²) in [7, 11) is 0. The van der Waals surface area contributed by atoms with Crippen LogP contribution in [0.2, 0.25) is 0 Å². The Balaban J connectivity index is 2.10. The van der Waals surface area contributed by atoms with Crippen LogP contribution in [0.15, 0.2) is 18.2 Å². The molecule has 3 nitrogen and oxygen atoms in total. The lowest BCUT2D eigenvalue weighted by Gasteiger charge is -2.35. The Morgan fingerprint density at radius 1 is 1.28 bits per heavy atom. The van der Waals surface area contributed by atoms with E-state index in [4.69, 9.17) is 0 Å². The van der Waals surface area contributed by atoms with Crippen molar-refractivity contribution < 1.29 is 5.11 Å². The van der Waals surface area contributed by atoms with E-state index in [1.54, 1.807) is 6.07 Å². The molecule has 1 aliphatic heterocycles. The fourth-order valence-corrected chi connectivity index (χ4v) is 2.82. The summed E-state index contributed by atoms with van der Waals surface area (Å²) in [6.07, 6.45) is 3.43. The summed E-state index contributed by atoms with van der Waals surface area (Å²) in [6, 6.07) is 6.35. The Hall–Kier alpha value is -1.22. The summed E-state index contributed by atoms with van der Waals surface area (Å²) in [6.45, 7) is 7.73. The zero-order chi connectivity index (χ0) is 13.0. The van der Waals surface area contributed by atoms with Crippen LogP contribution >= 0.6 is 0 Å². The Labute approximate surface area is 110 Å². The minimum atomic E-state index is 0.378. The Kier molecular flexibility index (Phi) is 4.48. The van der Waals surface area contributed by atoms with Gasteiger partial charge in [0.1, 0.15) is 5.75 Å². The zero-order valence-electron chi connectivity index (χ0n) is 11.4. The molecule has 0 aromatic heterocycles. The summed E-state index contributed by atoms with van der Waals surface area (Å²) in [5.74, 6) is 0.378. The number of phenols is 1. The second-order valence-electron chi connectivity index (χ2n) is 5.09. The van der Waals surface area contributed by atoms with Crippen molar-refractivity contribution in [1.82, 2.24) is 4.90 Å². The second-order valence-corrected chi connectivity index (χ2v) is 5.09. The van der Waals surface area contributed by atoms with Gasteiger partial charge < -0.3 is 10.4 Å². The van der Waals surface area contributed by atoms with Crippen molar-refractivity contribution in [2.45, 2.75) is 39.2 Å². The highest BCUT2D eigenvalue weighted by atomic mass is 16.3. The average molecular weight is 248 g/mol. The van der Waals surface area contributed by atoms with Gasteiger partial charge in [0.25, 0.3) is 0 Å². The van der Waals surface area contributed by atoms with E-state index in [1.165, 1.54) is 18.4 Å². The molecule has 1 atom stereocenters. The van der Waals surface area contributed by atoms with Crippen LogP contribution in [0, 0.1) is 0 Å². The molecule has 0 unspecified atom stereocenters. The molecule has 0 aliphatic carbocycles. The predicted molar refractivity (Wildman–Crippen MR) is 76.2 cm³/mol. The molecule has 0 saturated heterocycles. The van der Waals surface area contributed by atoms with Gasteiger partial charge in [0, 0.05) is 12.6 Å². The number of fused-ring (bicyclic) bond motifs is 1.